The average molecular weight is 269 g/mol. The van der Waals surface area contributed by atoms with E-state index in [0.29, 0.717) is 0 Å². The molecule has 0 aliphatic carbocycles. The molecule has 1 aliphatic heterocycles. The normalized spacial score (nSPS) is 26.2. The predicted molar refractivity (Wildman–Crippen MR) is 55.3 cm³/mol. The molecule has 0 saturated carbocycles. The Morgan fingerprint density at radius 2 is 2.45 bits per heavy atom. The van der Waals surface area contributed by atoms with Crippen LogP contribution in [0.25, 0.3) is 0 Å². The number of hydrogen-bond donors (Lipinski definition) is 0. The Bertz CT molecular complexity index is 98.3. The van der Waals surface area contributed by atoms with E-state index in [1.165, 1.54) is 30.5 Å². The second-order valence-corrected chi connectivity index (χ2v) is 4.18. The van der Waals surface area contributed by atoms with Crippen LogP contribution in [0, 0.1) is 5.92 Å². The number of nitrogens with zero attached hydrogens (tertiary/aromatic N) is 1. The summed E-state index contributed by atoms with van der Waals surface area (Å²) in [6.45, 7) is 4.71. The average Bonchev–Trinajstić information content (AvgIpc) is 2.38. The lowest BCUT2D eigenvalue weighted by molar-refractivity contribution is 0.154. The molecule has 3 heteroatoms. The Morgan fingerprint density at radius 1 is 1.64 bits per heavy atom. The lowest BCUT2D eigenvalue weighted by atomic mass is 10.1. The molecule has 0 aromatic heterocycles. The van der Waals surface area contributed by atoms with Crippen LogP contribution in [0.2, 0.25) is 0 Å². The van der Waals surface area contributed by atoms with E-state index < -0.39 is 0 Å². The van der Waals surface area contributed by atoms with E-state index >= 15 is 0 Å². The molecule has 2 nitrogen and oxygen atoms in total. The lowest BCUT2D eigenvalue weighted by Gasteiger charge is -2.13. The molecule has 0 aromatic carbocycles. The summed E-state index contributed by atoms with van der Waals surface area (Å²) >= 11 is 2.43. The first-order chi connectivity index (χ1) is 5.36. The van der Waals surface area contributed by atoms with Crippen molar-refractivity contribution in [3.8, 4) is 0 Å². The van der Waals surface area contributed by atoms with Crippen molar-refractivity contribution in [1.82, 2.24) is 4.90 Å². The van der Waals surface area contributed by atoms with E-state index in [9.17, 15) is 0 Å². The Balaban J connectivity index is 2.12. The zero-order chi connectivity index (χ0) is 8.10. The molecule has 0 amide bonds. The van der Waals surface area contributed by atoms with Crippen LogP contribution in [0.5, 0.6) is 0 Å². The maximum atomic E-state index is 5.12. The van der Waals surface area contributed by atoms with Gasteiger partial charge in [0.1, 0.15) is 0 Å². The number of alkyl halides is 1. The minimum absolute atomic E-state index is 0.794. The number of halogens is 1. The third-order valence-electron chi connectivity index (χ3n) is 2.17. The van der Waals surface area contributed by atoms with Gasteiger partial charge >= 0.3 is 0 Å². The van der Waals surface area contributed by atoms with E-state index in [-0.39, 0.29) is 0 Å². The largest absolute Gasteiger partial charge is 0.384 e. The van der Waals surface area contributed by atoms with Crippen molar-refractivity contribution in [1.29, 1.82) is 0 Å². The van der Waals surface area contributed by atoms with Gasteiger partial charge in [0.15, 0.2) is 0 Å². The summed E-state index contributed by atoms with van der Waals surface area (Å²) in [5.41, 5.74) is 0. The van der Waals surface area contributed by atoms with Gasteiger partial charge in [-0.25, -0.2) is 0 Å². The predicted octanol–water partition coefficient (Wildman–Crippen LogP) is 1.39. The summed E-state index contributed by atoms with van der Waals surface area (Å²) < 4.78 is 6.37. The number of hydrogen-bond acceptors (Lipinski definition) is 2. The first-order valence-corrected chi connectivity index (χ1v) is 5.66. The highest BCUT2D eigenvalue weighted by Gasteiger charge is 2.20. The highest BCUT2D eigenvalue weighted by Crippen LogP contribution is 2.15. The molecule has 1 aliphatic rings. The van der Waals surface area contributed by atoms with Gasteiger partial charge in [0.2, 0.25) is 0 Å². The van der Waals surface area contributed by atoms with Crippen molar-refractivity contribution < 1.29 is 4.74 Å². The van der Waals surface area contributed by atoms with E-state index in [1.54, 1.807) is 7.11 Å². The Hall–Kier alpha value is 0.650. The molecule has 66 valence electrons. The van der Waals surface area contributed by atoms with Crippen LogP contribution in [0.1, 0.15) is 6.42 Å². The van der Waals surface area contributed by atoms with Gasteiger partial charge in [-0.05, 0) is 18.9 Å². The molecule has 0 spiro atoms. The van der Waals surface area contributed by atoms with Crippen LogP contribution in [0.4, 0.5) is 0 Å². The van der Waals surface area contributed by atoms with Gasteiger partial charge in [0.05, 0.1) is 6.61 Å². The second kappa shape index (κ2) is 5.32. The van der Waals surface area contributed by atoms with Crippen molar-refractivity contribution in [3.63, 3.8) is 0 Å². The highest BCUT2D eigenvalue weighted by atomic mass is 127. The monoisotopic (exact) mass is 269 g/mol. The molecular weight excluding hydrogens is 253 g/mol. The molecule has 1 unspecified atom stereocenters. The molecular formula is C8H16INO. The van der Waals surface area contributed by atoms with Gasteiger partial charge in [-0.1, -0.05) is 22.6 Å². The third kappa shape index (κ3) is 3.25. The maximum absolute atomic E-state index is 5.12. The topological polar surface area (TPSA) is 12.5 Å². The molecule has 11 heavy (non-hydrogen) atoms. The number of rotatable bonds is 4. The summed E-state index contributed by atoms with van der Waals surface area (Å²) in [6.07, 6.45) is 1.32. The SMILES string of the molecule is COCC1CCN(CCI)C1. The van der Waals surface area contributed by atoms with E-state index in [2.05, 4.69) is 27.5 Å². The maximum Gasteiger partial charge on any atom is 0.0503 e. The summed E-state index contributed by atoms with van der Waals surface area (Å²) in [5.74, 6) is 0.794. The van der Waals surface area contributed by atoms with Crippen LogP contribution in [0.15, 0.2) is 0 Å². The first kappa shape index (κ1) is 9.74. The fourth-order valence-corrected chi connectivity index (χ4v) is 2.29. The molecule has 1 heterocycles. The van der Waals surface area contributed by atoms with Gasteiger partial charge in [-0.2, -0.15) is 0 Å². The van der Waals surface area contributed by atoms with Gasteiger partial charge < -0.3 is 9.64 Å². The molecule has 0 N–H and O–H groups in total. The second-order valence-electron chi connectivity index (χ2n) is 3.10. The minimum Gasteiger partial charge on any atom is -0.384 e. The molecule has 0 aromatic rings. The highest BCUT2D eigenvalue weighted by molar-refractivity contribution is 14.1. The molecule has 1 rings (SSSR count). The van der Waals surface area contributed by atoms with Crippen molar-refractivity contribution in [2.45, 2.75) is 6.42 Å². The molecule has 0 bridgehead atoms. The van der Waals surface area contributed by atoms with Gasteiger partial charge in [-0.15, -0.1) is 0 Å². The summed E-state index contributed by atoms with van der Waals surface area (Å²) in [4.78, 5) is 2.52. The summed E-state index contributed by atoms with van der Waals surface area (Å²) in [6, 6.07) is 0. The standard InChI is InChI=1S/C8H16INO/c1-11-7-8-2-4-10(6-8)5-3-9/h8H,2-7H2,1H3. The minimum atomic E-state index is 0.794. The van der Waals surface area contributed by atoms with E-state index in [1.807, 2.05) is 0 Å². The lowest BCUT2D eigenvalue weighted by Crippen LogP contribution is -2.23. The van der Waals surface area contributed by atoms with E-state index in [4.69, 9.17) is 4.74 Å². The molecule has 1 fully saturated rings. The number of methoxy groups -OCH3 is 1. The van der Waals surface area contributed by atoms with Crippen molar-refractivity contribution >= 4 is 22.6 Å². The smallest absolute Gasteiger partial charge is 0.0503 e. The van der Waals surface area contributed by atoms with Crippen LogP contribution >= 0.6 is 22.6 Å². The molecule has 1 atom stereocenters. The fraction of sp³-hybridized carbons (Fsp3) is 1.00. The molecule has 1 saturated heterocycles. The van der Waals surface area contributed by atoms with Crippen molar-refractivity contribution in [3.05, 3.63) is 0 Å². The van der Waals surface area contributed by atoms with Gasteiger partial charge in [0.25, 0.3) is 0 Å². The third-order valence-corrected chi connectivity index (χ3v) is 2.66. The Kier molecular flexibility index (Phi) is 4.71. The molecule has 0 radical (unpaired) electrons. The van der Waals surface area contributed by atoms with Crippen LogP contribution in [-0.2, 0) is 4.74 Å². The van der Waals surface area contributed by atoms with Crippen LogP contribution in [-0.4, -0.2) is 42.7 Å². The Morgan fingerprint density at radius 3 is 3.09 bits per heavy atom. The Labute approximate surface area is 82.4 Å². The van der Waals surface area contributed by atoms with Crippen LogP contribution < -0.4 is 0 Å². The number of likely N-dealkylation sites (tertiary alicyclic amines) is 1. The van der Waals surface area contributed by atoms with Crippen LogP contribution in [0.3, 0.4) is 0 Å². The van der Waals surface area contributed by atoms with Crippen molar-refractivity contribution in [2.24, 2.45) is 5.92 Å². The zero-order valence-corrected chi connectivity index (χ0v) is 9.21. The number of ether oxygens (including phenoxy) is 1. The van der Waals surface area contributed by atoms with Gasteiger partial charge in [-0.3, -0.25) is 0 Å². The first-order valence-electron chi connectivity index (χ1n) is 4.14. The van der Waals surface area contributed by atoms with E-state index in [0.717, 1.165) is 12.5 Å². The summed E-state index contributed by atoms with van der Waals surface area (Å²) in [7, 11) is 1.79. The summed E-state index contributed by atoms with van der Waals surface area (Å²) in [5, 5.41) is 0. The van der Waals surface area contributed by atoms with Crippen molar-refractivity contribution in [2.75, 3.05) is 37.8 Å². The quantitative estimate of drug-likeness (QED) is 0.565. The zero-order valence-electron chi connectivity index (χ0n) is 7.05. The fourth-order valence-electron chi connectivity index (χ4n) is 1.61. The van der Waals surface area contributed by atoms with Gasteiger partial charge in [0, 0.05) is 24.6 Å².